The van der Waals surface area contributed by atoms with Crippen molar-refractivity contribution in [2.75, 3.05) is 6.61 Å². The second-order valence-corrected chi connectivity index (χ2v) is 4.87. The van der Waals surface area contributed by atoms with Gasteiger partial charge >= 0.3 is 5.97 Å². The molecule has 1 aliphatic rings. The van der Waals surface area contributed by atoms with Gasteiger partial charge in [-0.25, -0.2) is 4.79 Å². The van der Waals surface area contributed by atoms with Crippen LogP contribution in [0.25, 0.3) is 11.8 Å². The van der Waals surface area contributed by atoms with E-state index in [-0.39, 0.29) is 5.97 Å². The van der Waals surface area contributed by atoms with Gasteiger partial charge in [0, 0.05) is 5.56 Å². The summed E-state index contributed by atoms with van der Waals surface area (Å²) < 4.78 is 10.7. The minimum absolute atomic E-state index is 0.326. The van der Waals surface area contributed by atoms with Crippen LogP contribution in [0, 0.1) is 0 Å². The van der Waals surface area contributed by atoms with Gasteiger partial charge in [-0.2, -0.15) is 0 Å². The Morgan fingerprint density at radius 1 is 1.05 bits per heavy atom. The Balaban J connectivity index is 1.84. The van der Waals surface area contributed by atoms with Crippen molar-refractivity contribution < 1.29 is 14.3 Å². The van der Waals surface area contributed by atoms with Crippen LogP contribution in [-0.4, -0.2) is 12.6 Å². The lowest BCUT2D eigenvalue weighted by molar-refractivity contribution is -0.130. The molecule has 0 saturated carbocycles. The predicted molar refractivity (Wildman–Crippen MR) is 86.1 cm³/mol. The molecule has 0 atom stereocenters. The Hall–Kier alpha value is -2.81. The maximum atomic E-state index is 12.0. The Morgan fingerprint density at radius 3 is 2.45 bits per heavy atom. The standard InChI is InChI=1S/C19H16O3/c1-2-21-17-10-8-14(9-11-17)12-16-13-18(22-19(16)20)15-6-4-3-5-7-15/h3-13H,2H2,1H3/b16-12+. The predicted octanol–water partition coefficient (Wildman–Crippen LogP) is 4.07. The molecule has 110 valence electrons. The van der Waals surface area contributed by atoms with Crippen LogP contribution < -0.4 is 4.74 Å². The van der Waals surface area contributed by atoms with Gasteiger partial charge in [0.05, 0.1) is 12.2 Å². The lowest BCUT2D eigenvalue weighted by Crippen LogP contribution is -1.97. The number of hydrogen-bond donors (Lipinski definition) is 0. The first-order valence-electron chi connectivity index (χ1n) is 7.20. The molecule has 0 unspecified atom stereocenters. The molecule has 0 saturated heterocycles. The van der Waals surface area contributed by atoms with Crippen LogP contribution in [0.15, 0.2) is 66.2 Å². The molecule has 1 heterocycles. The fourth-order valence-electron chi connectivity index (χ4n) is 2.24. The van der Waals surface area contributed by atoms with Crippen LogP contribution in [-0.2, 0) is 9.53 Å². The van der Waals surface area contributed by atoms with Crippen LogP contribution in [0.2, 0.25) is 0 Å². The van der Waals surface area contributed by atoms with Crippen molar-refractivity contribution in [3.8, 4) is 5.75 Å². The molecule has 0 aliphatic carbocycles. The summed E-state index contributed by atoms with van der Waals surface area (Å²) >= 11 is 0. The monoisotopic (exact) mass is 292 g/mol. The van der Waals surface area contributed by atoms with E-state index in [1.807, 2.05) is 67.6 Å². The van der Waals surface area contributed by atoms with Crippen molar-refractivity contribution in [2.45, 2.75) is 6.92 Å². The normalized spacial score (nSPS) is 15.6. The minimum atomic E-state index is -0.326. The Labute approximate surface area is 129 Å². The highest BCUT2D eigenvalue weighted by atomic mass is 16.5. The smallest absolute Gasteiger partial charge is 0.343 e. The molecule has 22 heavy (non-hydrogen) atoms. The topological polar surface area (TPSA) is 35.5 Å². The molecule has 0 amide bonds. The Bertz CT molecular complexity index is 725. The van der Waals surface area contributed by atoms with Gasteiger partial charge in [-0.1, -0.05) is 42.5 Å². The van der Waals surface area contributed by atoms with Gasteiger partial charge in [-0.15, -0.1) is 0 Å². The molecule has 3 heteroatoms. The van der Waals surface area contributed by atoms with Gasteiger partial charge in [0.15, 0.2) is 0 Å². The third-order valence-corrected chi connectivity index (χ3v) is 3.30. The third kappa shape index (κ3) is 3.09. The second kappa shape index (κ2) is 6.31. The fourth-order valence-corrected chi connectivity index (χ4v) is 2.24. The van der Waals surface area contributed by atoms with Gasteiger partial charge in [-0.3, -0.25) is 0 Å². The lowest BCUT2D eigenvalue weighted by Gasteiger charge is -2.02. The van der Waals surface area contributed by atoms with E-state index in [2.05, 4.69) is 0 Å². The maximum Gasteiger partial charge on any atom is 0.343 e. The van der Waals surface area contributed by atoms with Crippen LogP contribution in [0.5, 0.6) is 5.75 Å². The molecule has 0 N–H and O–H groups in total. The highest BCUT2D eigenvalue weighted by Gasteiger charge is 2.21. The average molecular weight is 292 g/mol. The fraction of sp³-hybridized carbons (Fsp3) is 0.105. The number of esters is 1. The van der Waals surface area contributed by atoms with Gasteiger partial charge in [-0.05, 0) is 36.8 Å². The van der Waals surface area contributed by atoms with E-state index in [1.54, 1.807) is 6.08 Å². The molecule has 0 radical (unpaired) electrons. The summed E-state index contributed by atoms with van der Waals surface area (Å²) in [5, 5.41) is 0. The number of carbonyl (C=O) groups is 1. The number of carbonyl (C=O) groups excluding carboxylic acids is 1. The first kappa shape index (κ1) is 14.1. The summed E-state index contributed by atoms with van der Waals surface area (Å²) in [5.41, 5.74) is 2.37. The number of benzene rings is 2. The van der Waals surface area contributed by atoms with Crippen molar-refractivity contribution >= 4 is 17.8 Å². The zero-order valence-corrected chi connectivity index (χ0v) is 12.3. The van der Waals surface area contributed by atoms with Crippen LogP contribution in [0.4, 0.5) is 0 Å². The van der Waals surface area contributed by atoms with Crippen molar-refractivity contribution in [1.29, 1.82) is 0 Å². The highest BCUT2D eigenvalue weighted by Crippen LogP contribution is 2.27. The summed E-state index contributed by atoms with van der Waals surface area (Å²) in [5.74, 6) is 1.08. The molecule has 3 rings (SSSR count). The molecule has 2 aromatic carbocycles. The largest absolute Gasteiger partial charge is 0.494 e. The Morgan fingerprint density at radius 2 is 1.77 bits per heavy atom. The van der Waals surface area contributed by atoms with E-state index in [1.165, 1.54) is 0 Å². The van der Waals surface area contributed by atoms with Gasteiger partial charge in [0.2, 0.25) is 0 Å². The summed E-state index contributed by atoms with van der Waals surface area (Å²) in [7, 11) is 0. The first-order valence-corrected chi connectivity index (χ1v) is 7.20. The zero-order chi connectivity index (χ0) is 15.4. The van der Waals surface area contributed by atoms with E-state index in [0.717, 1.165) is 16.9 Å². The third-order valence-electron chi connectivity index (χ3n) is 3.30. The number of cyclic esters (lactones) is 1. The first-order chi connectivity index (χ1) is 10.8. The lowest BCUT2D eigenvalue weighted by atomic mass is 10.1. The minimum Gasteiger partial charge on any atom is -0.494 e. The summed E-state index contributed by atoms with van der Waals surface area (Å²) in [4.78, 5) is 12.0. The van der Waals surface area contributed by atoms with Crippen LogP contribution in [0.1, 0.15) is 18.1 Å². The molecule has 1 aliphatic heterocycles. The van der Waals surface area contributed by atoms with Crippen molar-refractivity contribution in [3.63, 3.8) is 0 Å². The van der Waals surface area contributed by atoms with Gasteiger partial charge < -0.3 is 9.47 Å². The van der Waals surface area contributed by atoms with Gasteiger partial charge in [0.1, 0.15) is 11.5 Å². The molecular weight excluding hydrogens is 276 g/mol. The molecule has 0 fully saturated rings. The molecule has 2 aromatic rings. The van der Waals surface area contributed by atoms with Crippen LogP contribution in [0.3, 0.4) is 0 Å². The number of rotatable bonds is 4. The number of hydrogen-bond acceptors (Lipinski definition) is 3. The molecule has 0 bridgehead atoms. The van der Waals surface area contributed by atoms with Crippen molar-refractivity contribution in [2.24, 2.45) is 0 Å². The summed E-state index contributed by atoms with van der Waals surface area (Å²) in [6, 6.07) is 17.2. The second-order valence-electron chi connectivity index (χ2n) is 4.87. The average Bonchev–Trinajstić information content (AvgIpc) is 2.91. The molecule has 0 spiro atoms. The van der Waals surface area contributed by atoms with E-state index in [0.29, 0.717) is 17.9 Å². The van der Waals surface area contributed by atoms with E-state index < -0.39 is 0 Å². The van der Waals surface area contributed by atoms with E-state index in [9.17, 15) is 4.79 Å². The van der Waals surface area contributed by atoms with Gasteiger partial charge in [0.25, 0.3) is 0 Å². The van der Waals surface area contributed by atoms with Crippen LogP contribution >= 0.6 is 0 Å². The van der Waals surface area contributed by atoms with Crippen molar-refractivity contribution in [1.82, 2.24) is 0 Å². The summed E-state index contributed by atoms with van der Waals surface area (Å²) in [6.07, 6.45) is 3.59. The quantitative estimate of drug-likeness (QED) is 0.629. The SMILES string of the molecule is CCOc1ccc(/C=C2\C=C(c3ccccc3)OC2=O)cc1. The zero-order valence-electron chi connectivity index (χ0n) is 12.3. The van der Waals surface area contributed by atoms with E-state index in [4.69, 9.17) is 9.47 Å². The number of ether oxygens (including phenoxy) is 2. The van der Waals surface area contributed by atoms with Crippen molar-refractivity contribution in [3.05, 3.63) is 77.4 Å². The highest BCUT2D eigenvalue weighted by molar-refractivity contribution is 6.05. The summed E-state index contributed by atoms with van der Waals surface area (Å²) in [6.45, 7) is 2.58. The molecule has 0 aromatic heterocycles. The van der Waals surface area contributed by atoms with E-state index >= 15 is 0 Å². The molecular formula is C19H16O3. The Kier molecular flexibility index (Phi) is 4.05. The molecule has 3 nitrogen and oxygen atoms in total. The maximum absolute atomic E-state index is 12.0.